The Hall–Kier alpha value is -2.42. The maximum absolute atomic E-state index is 10.1. The molecular formula is C26H29NO3S. The molecule has 3 atom stereocenters. The molecule has 1 aliphatic carbocycles. The normalized spacial score (nSPS) is 21.8. The maximum Gasteiger partial charge on any atom is 0.161 e. The number of hydrogen-bond acceptors (Lipinski definition) is 5. The Labute approximate surface area is 189 Å². The van der Waals surface area contributed by atoms with E-state index in [0.717, 1.165) is 40.5 Å². The van der Waals surface area contributed by atoms with Crippen LogP contribution in [0.4, 0.5) is 0 Å². The molecule has 1 heterocycles. The number of ether oxygens (including phenoxy) is 2. The minimum Gasteiger partial charge on any atom is -0.493 e. The van der Waals surface area contributed by atoms with Crippen LogP contribution in [0.1, 0.15) is 56.1 Å². The predicted octanol–water partition coefficient (Wildman–Crippen LogP) is 5.39. The summed E-state index contributed by atoms with van der Waals surface area (Å²) in [6, 6.07) is 16.1. The van der Waals surface area contributed by atoms with Gasteiger partial charge in [0, 0.05) is 12.0 Å². The second-order valence-corrected chi connectivity index (χ2v) is 9.54. The monoisotopic (exact) mass is 435 g/mol. The average molecular weight is 436 g/mol. The summed E-state index contributed by atoms with van der Waals surface area (Å²) >= 11 is 1.63. The molecule has 0 radical (unpaired) electrons. The molecule has 0 saturated heterocycles. The first kappa shape index (κ1) is 21.8. The van der Waals surface area contributed by atoms with E-state index in [-0.39, 0.29) is 17.3 Å². The molecule has 1 N–H and O–H groups in total. The number of nitrogens with zero attached hydrogens (tertiary/aromatic N) is 1. The number of rotatable bonds is 6. The molecule has 2 aromatic carbocycles. The minimum atomic E-state index is -0.639. The Morgan fingerprint density at radius 3 is 2.58 bits per heavy atom. The number of thioether (sulfide) groups is 1. The summed E-state index contributed by atoms with van der Waals surface area (Å²) in [5.74, 6) is 8.24. The average Bonchev–Trinajstić information content (AvgIpc) is 3.41. The second-order valence-electron chi connectivity index (χ2n) is 8.09. The predicted molar refractivity (Wildman–Crippen MR) is 127 cm³/mol. The lowest BCUT2D eigenvalue weighted by Gasteiger charge is -2.19. The Balaban J connectivity index is 1.63. The van der Waals surface area contributed by atoms with Crippen LogP contribution in [0.2, 0.25) is 0 Å². The van der Waals surface area contributed by atoms with Gasteiger partial charge in [-0.2, -0.15) is 0 Å². The molecule has 0 aromatic heterocycles. The quantitative estimate of drug-likeness (QED) is 0.618. The number of methoxy groups -OCH3 is 1. The van der Waals surface area contributed by atoms with Gasteiger partial charge in [0.2, 0.25) is 0 Å². The standard InChI is InChI=1S/C26H29NO3S/c1-18-26(28)27-25(31-18)17-21(13-12-19-8-4-3-5-9-19)20-14-15-23(29-2)24(16-20)30-22-10-6-7-11-22/h3-5,8-9,14-16,18,21-22,26,28H,6-7,10-11,17H2,1-2H3. The highest BCUT2D eigenvalue weighted by Crippen LogP contribution is 2.37. The number of aliphatic imine (C=N–C) groups is 1. The molecule has 4 rings (SSSR count). The summed E-state index contributed by atoms with van der Waals surface area (Å²) in [6.07, 6.45) is 4.90. The number of benzene rings is 2. The van der Waals surface area contributed by atoms with Crippen molar-refractivity contribution in [1.29, 1.82) is 0 Å². The van der Waals surface area contributed by atoms with Gasteiger partial charge in [0.15, 0.2) is 17.7 Å². The van der Waals surface area contributed by atoms with Crippen molar-refractivity contribution in [2.24, 2.45) is 4.99 Å². The van der Waals surface area contributed by atoms with Crippen molar-refractivity contribution in [2.75, 3.05) is 7.11 Å². The lowest BCUT2D eigenvalue weighted by Crippen LogP contribution is -2.12. The van der Waals surface area contributed by atoms with Crippen LogP contribution in [0.3, 0.4) is 0 Å². The van der Waals surface area contributed by atoms with Crippen molar-refractivity contribution in [2.45, 2.75) is 62.5 Å². The van der Waals surface area contributed by atoms with Crippen molar-refractivity contribution in [3.05, 3.63) is 59.7 Å². The number of aliphatic hydroxyl groups is 1. The van der Waals surface area contributed by atoms with Gasteiger partial charge in [-0.3, -0.25) is 4.99 Å². The highest BCUT2D eigenvalue weighted by molar-refractivity contribution is 8.14. The summed E-state index contributed by atoms with van der Waals surface area (Å²) in [6.45, 7) is 2.00. The van der Waals surface area contributed by atoms with Crippen molar-refractivity contribution < 1.29 is 14.6 Å². The summed E-state index contributed by atoms with van der Waals surface area (Å²) in [7, 11) is 1.68. The van der Waals surface area contributed by atoms with E-state index in [4.69, 9.17) is 9.47 Å². The van der Waals surface area contributed by atoms with Gasteiger partial charge < -0.3 is 14.6 Å². The molecule has 1 aliphatic heterocycles. The molecule has 1 fully saturated rings. The van der Waals surface area contributed by atoms with Crippen LogP contribution >= 0.6 is 11.8 Å². The van der Waals surface area contributed by atoms with E-state index < -0.39 is 6.23 Å². The van der Waals surface area contributed by atoms with E-state index in [1.54, 1.807) is 18.9 Å². The van der Waals surface area contributed by atoms with E-state index in [1.165, 1.54) is 12.8 Å². The zero-order valence-corrected chi connectivity index (χ0v) is 18.9. The largest absolute Gasteiger partial charge is 0.493 e. The van der Waals surface area contributed by atoms with Gasteiger partial charge in [-0.25, -0.2) is 0 Å². The number of hydrogen-bond donors (Lipinski definition) is 1. The van der Waals surface area contributed by atoms with Crippen molar-refractivity contribution in [3.8, 4) is 23.3 Å². The molecule has 2 aliphatic rings. The van der Waals surface area contributed by atoms with Crippen LogP contribution in [0.5, 0.6) is 11.5 Å². The summed E-state index contributed by atoms with van der Waals surface area (Å²) in [4.78, 5) is 4.44. The smallest absolute Gasteiger partial charge is 0.161 e. The topological polar surface area (TPSA) is 51.0 Å². The SMILES string of the molecule is COc1ccc(C(C#Cc2ccccc2)CC2=NC(O)C(C)S2)cc1OC1CCCC1. The van der Waals surface area contributed by atoms with E-state index in [0.29, 0.717) is 6.42 Å². The maximum atomic E-state index is 10.1. The molecule has 3 unspecified atom stereocenters. The van der Waals surface area contributed by atoms with Crippen LogP contribution in [0.15, 0.2) is 53.5 Å². The Morgan fingerprint density at radius 1 is 1.13 bits per heavy atom. The first-order chi connectivity index (χ1) is 15.1. The van der Waals surface area contributed by atoms with E-state index in [9.17, 15) is 5.11 Å². The Kier molecular flexibility index (Phi) is 7.21. The second kappa shape index (κ2) is 10.3. The Morgan fingerprint density at radius 2 is 1.90 bits per heavy atom. The van der Waals surface area contributed by atoms with Crippen molar-refractivity contribution in [3.63, 3.8) is 0 Å². The molecule has 2 aromatic rings. The van der Waals surface area contributed by atoms with Gasteiger partial charge in [-0.05, 0) is 62.4 Å². The third kappa shape index (κ3) is 5.64. The zero-order chi connectivity index (χ0) is 21.6. The molecule has 0 spiro atoms. The summed E-state index contributed by atoms with van der Waals surface area (Å²) in [5.41, 5.74) is 2.06. The van der Waals surface area contributed by atoms with Crippen LogP contribution in [-0.2, 0) is 0 Å². The van der Waals surface area contributed by atoms with E-state index in [2.05, 4.69) is 29.0 Å². The van der Waals surface area contributed by atoms with Crippen LogP contribution in [0, 0.1) is 11.8 Å². The van der Waals surface area contributed by atoms with Crippen LogP contribution in [-0.4, -0.2) is 34.8 Å². The molecule has 1 saturated carbocycles. The molecular weight excluding hydrogens is 406 g/mol. The highest BCUT2D eigenvalue weighted by Gasteiger charge is 2.27. The first-order valence-corrected chi connectivity index (χ1v) is 11.8. The third-order valence-electron chi connectivity index (χ3n) is 5.75. The molecule has 31 heavy (non-hydrogen) atoms. The summed E-state index contributed by atoms with van der Waals surface area (Å²) in [5, 5.41) is 11.1. The van der Waals surface area contributed by atoms with Gasteiger partial charge in [-0.1, -0.05) is 36.1 Å². The van der Waals surface area contributed by atoms with Crippen molar-refractivity contribution in [1.82, 2.24) is 0 Å². The molecule has 0 bridgehead atoms. The van der Waals surface area contributed by atoms with E-state index in [1.807, 2.05) is 43.3 Å². The lowest BCUT2D eigenvalue weighted by atomic mass is 9.95. The zero-order valence-electron chi connectivity index (χ0n) is 18.1. The Bertz CT molecular complexity index is 973. The fourth-order valence-electron chi connectivity index (χ4n) is 3.97. The van der Waals surface area contributed by atoms with Gasteiger partial charge >= 0.3 is 0 Å². The van der Waals surface area contributed by atoms with Crippen LogP contribution < -0.4 is 9.47 Å². The molecule has 4 nitrogen and oxygen atoms in total. The molecule has 5 heteroatoms. The minimum absolute atomic E-state index is 0.0548. The van der Waals surface area contributed by atoms with Gasteiger partial charge in [0.25, 0.3) is 0 Å². The lowest BCUT2D eigenvalue weighted by molar-refractivity contribution is 0.189. The van der Waals surface area contributed by atoms with E-state index >= 15 is 0 Å². The van der Waals surface area contributed by atoms with Crippen molar-refractivity contribution >= 4 is 16.8 Å². The van der Waals surface area contributed by atoms with Gasteiger partial charge in [0.1, 0.15) is 0 Å². The first-order valence-electron chi connectivity index (χ1n) is 10.9. The fraction of sp³-hybridized carbons (Fsp3) is 0.423. The molecule has 0 amide bonds. The highest BCUT2D eigenvalue weighted by atomic mass is 32.2. The fourth-order valence-corrected chi connectivity index (χ4v) is 5.01. The van der Waals surface area contributed by atoms with Gasteiger partial charge in [-0.15, -0.1) is 11.8 Å². The van der Waals surface area contributed by atoms with Gasteiger partial charge in [0.05, 0.1) is 29.4 Å². The number of aliphatic hydroxyl groups excluding tert-OH is 1. The molecule has 162 valence electrons. The van der Waals surface area contributed by atoms with Crippen LogP contribution in [0.25, 0.3) is 0 Å². The summed E-state index contributed by atoms with van der Waals surface area (Å²) < 4.78 is 11.9. The third-order valence-corrected chi connectivity index (χ3v) is 6.91.